The van der Waals surface area contributed by atoms with Gasteiger partial charge >= 0.3 is 5.97 Å². The zero-order chi connectivity index (χ0) is 18.9. The molecule has 0 aromatic carbocycles. The minimum absolute atomic E-state index is 0.0549. The van der Waals surface area contributed by atoms with Crippen molar-refractivity contribution < 1.29 is 14.3 Å². The minimum atomic E-state index is -0.0701. The fourth-order valence-electron chi connectivity index (χ4n) is 7.09. The average Bonchev–Trinajstić information content (AvgIpc) is 2.94. The first kappa shape index (κ1) is 19.9. The highest BCUT2D eigenvalue weighted by Crippen LogP contribution is 2.64. The van der Waals surface area contributed by atoms with Crippen LogP contribution < -0.4 is 0 Å². The van der Waals surface area contributed by atoms with Crippen molar-refractivity contribution in [3.05, 3.63) is 0 Å². The first-order chi connectivity index (χ1) is 12.4. The molecule has 3 nitrogen and oxygen atoms in total. The molecule has 3 rings (SSSR count). The van der Waals surface area contributed by atoms with Crippen molar-refractivity contribution in [2.75, 3.05) is 7.11 Å². The maximum Gasteiger partial charge on any atom is 0.305 e. The molecular weight excluding hydrogens is 324 g/mol. The smallest absolute Gasteiger partial charge is 0.305 e. The number of fused-ring (bicyclic) bond motifs is 3. The fraction of sp³-hybridized carbons (Fsp3) is 0.913. The van der Waals surface area contributed by atoms with E-state index in [4.69, 9.17) is 4.74 Å². The van der Waals surface area contributed by atoms with Crippen LogP contribution in [0.2, 0.25) is 0 Å². The molecule has 3 saturated carbocycles. The van der Waals surface area contributed by atoms with E-state index < -0.39 is 0 Å². The topological polar surface area (TPSA) is 43.4 Å². The van der Waals surface area contributed by atoms with Crippen molar-refractivity contribution in [1.82, 2.24) is 0 Å². The van der Waals surface area contributed by atoms with Crippen LogP contribution >= 0.6 is 0 Å². The summed E-state index contributed by atoms with van der Waals surface area (Å²) in [5, 5.41) is 0. The lowest BCUT2D eigenvalue weighted by Gasteiger charge is -2.58. The highest BCUT2D eigenvalue weighted by molar-refractivity contribution is 5.87. The van der Waals surface area contributed by atoms with Gasteiger partial charge in [0.15, 0.2) is 0 Å². The maximum absolute atomic E-state index is 12.6. The normalized spacial score (nSPS) is 42.2. The van der Waals surface area contributed by atoms with E-state index in [2.05, 4.69) is 20.8 Å². The molecule has 3 aliphatic carbocycles. The Hall–Kier alpha value is -0.860. The van der Waals surface area contributed by atoms with Gasteiger partial charge in [0.2, 0.25) is 0 Å². The summed E-state index contributed by atoms with van der Waals surface area (Å²) in [5.74, 6) is 3.10. The van der Waals surface area contributed by atoms with Gasteiger partial charge in [-0.1, -0.05) is 33.6 Å². The molecule has 6 atom stereocenters. The van der Waals surface area contributed by atoms with Gasteiger partial charge in [-0.2, -0.15) is 0 Å². The minimum Gasteiger partial charge on any atom is -0.469 e. The van der Waals surface area contributed by atoms with E-state index in [9.17, 15) is 9.59 Å². The van der Waals surface area contributed by atoms with Crippen molar-refractivity contribution in [3.8, 4) is 0 Å². The molecule has 0 radical (unpaired) electrons. The first-order valence-corrected chi connectivity index (χ1v) is 11.0. The first-order valence-electron chi connectivity index (χ1n) is 11.0. The molecule has 0 N–H and O–H groups in total. The quantitative estimate of drug-likeness (QED) is 0.581. The Balaban J connectivity index is 1.84. The number of methoxy groups -OCH3 is 1. The number of rotatable bonds is 6. The Morgan fingerprint density at radius 3 is 2.62 bits per heavy atom. The van der Waals surface area contributed by atoms with Crippen LogP contribution in [0.15, 0.2) is 0 Å². The van der Waals surface area contributed by atoms with Crippen LogP contribution in [0.25, 0.3) is 0 Å². The van der Waals surface area contributed by atoms with Crippen molar-refractivity contribution in [2.24, 2.45) is 34.5 Å². The van der Waals surface area contributed by atoms with E-state index >= 15 is 0 Å². The zero-order valence-corrected chi connectivity index (χ0v) is 17.3. The number of hydrogen-bond donors (Lipinski definition) is 0. The van der Waals surface area contributed by atoms with Crippen LogP contribution in [-0.2, 0) is 14.3 Å². The average molecular weight is 363 g/mol. The van der Waals surface area contributed by atoms with Gasteiger partial charge in [-0.05, 0) is 74.0 Å². The summed E-state index contributed by atoms with van der Waals surface area (Å²) >= 11 is 0. The largest absolute Gasteiger partial charge is 0.469 e. The molecule has 3 heteroatoms. The SMILES string of the molecule is CCCC[C@H]1CC[C@@H]2[C@H](CC[C@]3(C)C(=O)CC[C@@H]23)[C@@]1(C)CCC(=O)OC. The van der Waals surface area contributed by atoms with E-state index in [0.29, 0.717) is 30.0 Å². The lowest BCUT2D eigenvalue weighted by Crippen LogP contribution is -2.52. The van der Waals surface area contributed by atoms with E-state index in [1.165, 1.54) is 45.6 Å². The van der Waals surface area contributed by atoms with Crippen molar-refractivity contribution in [3.63, 3.8) is 0 Å². The summed E-state index contributed by atoms with van der Waals surface area (Å²) in [5.41, 5.74) is 0.167. The van der Waals surface area contributed by atoms with Crippen LogP contribution in [-0.4, -0.2) is 18.9 Å². The number of hydrogen-bond acceptors (Lipinski definition) is 3. The molecule has 0 heterocycles. The number of ketones is 1. The Morgan fingerprint density at radius 1 is 1.15 bits per heavy atom. The molecule has 148 valence electrons. The molecule has 0 aromatic rings. The van der Waals surface area contributed by atoms with Crippen LogP contribution in [0.5, 0.6) is 0 Å². The molecule has 0 aliphatic heterocycles. The predicted octanol–water partition coefficient (Wildman–Crippen LogP) is 5.56. The summed E-state index contributed by atoms with van der Waals surface area (Å²) in [6.45, 7) is 6.98. The standard InChI is InChI=1S/C23H38O3/c1-5-6-7-16-8-9-17-18-10-11-20(24)23(18,3)14-12-19(17)22(16,2)15-13-21(25)26-4/h16-19H,5-15H2,1-4H3/t16-,17-,18-,19-,22-,23-/m0/s1. The van der Waals surface area contributed by atoms with Gasteiger partial charge in [0, 0.05) is 18.3 Å². The molecule has 3 fully saturated rings. The molecule has 0 spiro atoms. The molecule has 3 aliphatic rings. The third kappa shape index (κ3) is 3.24. The molecule has 0 saturated heterocycles. The van der Waals surface area contributed by atoms with E-state index in [0.717, 1.165) is 31.6 Å². The second-order valence-electron chi connectivity index (χ2n) is 9.79. The molecule has 0 aromatic heterocycles. The van der Waals surface area contributed by atoms with E-state index in [1.807, 2.05) is 0 Å². The predicted molar refractivity (Wildman–Crippen MR) is 104 cm³/mol. The van der Waals surface area contributed by atoms with Crippen LogP contribution in [0.4, 0.5) is 0 Å². The van der Waals surface area contributed by atoms with Gasteiger partial charge in [0.05, 0.1) is 7.11 Å². The Morgan fingerprint density at radius 2 is 1.92 bits per heavy atom. The number of ether oxygens (including phenoxy) is 1. The van der Waals surface area contributed by atoms with Gasteiger partial charge in [-0.15, -0.1) is 0 Å². The van der Waals surface area contributed by atoms with Gasteiger partial charge < -0.3 is 4.74 Å². The van der Waals surface area contributed by atoms with Crippen molar-refractivity contribution >= 4 is 11.8 Å². The Kier molecular flexibility index (Phi) is 5.84. The molecule has 0 amide bonds. The summed E-state index contributed by atoms with van der Waals surface area (Å²) in [6.07, 6.45) is 12.0. The Labute approximate surface area is 159 Å². The van der Waals surface area contributed by atoms with Crippen molar-refractivity contribution in [2.45, 2.75) is 91.4 Å². The fourth-order valence-corrected chi connectivity index (χ4v) is 7.09. The summed E-state index contributed by atoms with van der Waals surface area (Å²) < 4.78 is 4.95. The summed E-state index contributed by atoms with van der Waals surface area (Å²) in [4.78, 5) is 24.5. The number of carbonyl (C=O) groups excluding carboxylic acids is 2. The summed E-state index contributed by atoms with van der Waals surface area (Å²) in [6, 6.07) is 0. The number of carbonyl (C=O) groups is 2. The van der Waals surface area contributed by atoms with Gasteiger partial charge in [-0.25, -0.2) is 0 Å². The van der Waals surface area contributed by atoms with Crippen LogP contribution in [0, 0.1) is 34.5 Å². The Bertz CT molecular complexity index is 542. The van der Waals surface area contributed by atoms with E-state index in [1.54, 1.807) is 0 Å². The number of Topliss-reactive ketones (excluding diaryl/α,β-unsaturated/α-hetero) is 1. The maximum atomic E-state index is 12.6. The highest BCUT2D eigenvalue weighted by Gasteiger charge is 2.59. The third-order valence-corrected chi connectivity index (χ3v) is 8.78. The zero-order valence-electron chi connectivity index (χ0n) is 17.3. The second kappa shape index (κ2) is 7.64. The molecule has 0 unspecified atom stereocenters. The molecular formula is C23H38O3. The molecule has 26 heavy (non-hydrogen) atoms. The lowest BCUT2D eigenvalue weighted by atomic mass is 9.46. The van der Waals surface area contributed by atoms with Crippen LogP contribution in [0.3, 0.4) is 0 Å². The lowest BCUT2D eigenvalue weighted by molar-refractivity contribution is -0.145. The monoisotopic (exact) mass is 362 g/mol. The van der Waals surface area contributed by atoms with Crippen molar-refractivity contribution in [1.29, 1.82) is 0 Å². The van der Waals surface area contributed by atoms with Gasteiger partial charge in [-0.3, -0.25) is 9.59 Å². The van der Waals surface area contributed by atoms with Crippen LogP contribution in [0.1, 0.15) is 91.4 Å². The van der Waals surface area contributed by atoms with Gasteiger partial charge in [0.1, 0.15) is 5.78 Å². The van der Waals surface area contributed by atoms with Gasteiger partial charge in [0.25, 0.3) is 0 Å². The van der Waals surface area contributed by atoms with E-state index in [-0.39, 0.29) is 16.8 Å². The summed E-state index contributed by atoms with van der Waals surface area (Å²) in [7, 11) is 1.50. The number of esters is 1. The second-order valence-corrected chi connectivity index (χ2v) is 9.79. The highest BCUT2D eigenvalue weighted by atomic mass is 16.5. The number of unbranched alkanes of at least 4 members (excludes halogenated alkanes) is 1. The third-order valence-electron chi connectivity index (χ3n) is 8.78. The molecule has 0 bridgehead atoms.